The highest BCUT2D eigenvalue weighted by Gasteiger charge is 2.06. The molecule has 0 aliphatic carbocycles. The van der Waals surface area contributed by atoms with Gasteiger partial charge in [0, 0.05) is 24.4 Å². The summed E-state index contributed by atoms with van der Waals surface area (Å²) in [4.78, 5) is 6.48. The lowest BCUT2D eigenvalue weighted by Gasteiger charge is -2.15. The van der Waals surface area contributed by atoms with Crippen LogP contribution in [0.5, 0.6) is 0 Å². The van der Waals surface area contributed by atoms with Gasteiger partial charge in [-0.2, -0.15) is 0 Å². The van der Waals surface area contributed by atoms with E-state index in [0.29, 0.717) is 5.92 Å². The summed E-state index contributed by atoms with van der Waals surface area (Å²) in [7, 11) is 4.17. The van der Waals surface area contributed by atoms with Crippen molar-refractivity contribution in [2.24, 2.45) is 0 Å². The zero-order chi connectivity index (χ0) is 8.97. The topological polar surface area (TPSA) is 16.1 Å². The average Bonchev–Trinajstić information content (AvgIpc) is 2.05. The van der Waals surface area contributed by atoms with Crippen LogP contribution in [0.25, 0.3) is 0 Å². The van der Waals surface area contributed by atoms with E-state index in [2.05, 4.69) is 37.0 Å². The van der Waals surface area contributed by atoms with Gasteiger partial charge in [-0.15, -0.1) is 0 Å². The van der Waals surface area contributed by atoms with E-state index in [1.54, 1.807) is 0 Å². The Kier molecular flexibility index (Phi) is 3.23. The Morgan fingerprint density at radius 1 is 1.42 bits per heavy atom. The number of rotatable bonds is 3. The normalized spacial score (nSPS) is 13.3. The van der Waals surface area contributed by atoms with E-state index >= 15 is 0 Å². The molecule has 66 valence electrons. The molecule has 0 bridgehead atoms. The Morgan fingerprint density at radius 2 is 2.17 bits per heavy atom. The molecule has 0 saturated carbocycles. The van der Waals surface area contributed by atoms with Gasteiger partial charge in [-0.1, -0.05) is 13.0 Å². The van der Waals surface area contributed by atoms with Crippen molar-refractivity contribution in [1.82, 2.24) is 9.88 Å². The van der Waals surface area contributed by atoms with E-state index in [4.69, 9.17) is 0 Å². The highest BCUT2D eigenvalue weighted by atomic mass is 15.1. The lowest BCUT2D eigenvalue weighted by molar-refractivity contribution is 0.380. The van der Waals surface area contributed by atoms with E-state index in [-0.39, 0.29) is 0 Å². The molecule has 0 aliphatic heterocycles. The number of aromatic nitrogens is 1. The Balaban J connectivity index is 2.59. The van der Waals surface area contributed by atoms with Crippen molar-refractivity contribution in [2.45, 2.75) is 12.8 Å². The maximum Gasteiger partial charge on any atom is 0.0444 e. The highest BCUT2D eigenvalue weighted by molar-refractivity contribution is 5.08. The monoisotopic (exact) mass is 164 g/mol. The first kappa shape index (κ1) is 9.20. The van der Waals surface area contributed by atoms with Gasteiger partial charge in [-0.05, 0) is 26.2 Å². The number of nitrogens with zero attached hydrogens (tertiary/aromatic N) is 2. The standard InChI is InChI=1S/C10H16N2/c1-9(8-12(2)3)10-6-4-5-7-11-10/h4-7,9H,8H2,1-3H3. The van der Waals surface area contributed by atoms with Crippen LogP contribution in [0.1, 0.15) is 18.5 Å². The molecule has 2 nitrogen and oxygen atoms in total. The van der Waals surface area contributed by atoms with Crippen LogP contribution in [-0.2, 0) is 0 Å². The molecule has 1 rings (SSSR count). The van der Waals surface area contributed by atoms with Crippen LogP contribution in [0.3, 0.4) is 0 Å². The molecule has 1 aromatic rings. The largest absolute Gasteiger partial charge is 0.309 e. The summed E-state index contributed by atoms with van der Waals surface area (Å²) < 4.78 is 0. The van der Waals surface area contributed by atoms with Gasteiger partial charge in [0.15, 0.2) is 0 Å². The van der Waals surface area contributed by atoms with Gasteiger partial charge in [-0.3, -0.25) is 4.98 Å². The van der Waals surface area contributed by atoms with Crippen LogP contribution < -0.4 is 0 Å². The number of hydrogen-bond donors (Lipinski definition) is 0. The molecule has 0 aliphatic rings. The van der Waals surface area contributed by atoms with Crippen molar-refractivity contribution in [3.8, 4) is 0 Å². The zero-order valence-corrected chi connectivity index (χ0v) is 7.99. The molecule has 1 aromatic heterocycles. The van der Waals surface area contributed by atoms with Crippen molar-refractivity contribution >= 4 is 0 Å². The lowest BCUT2D eigenvalue weighted by atomic mass is 10.1. The number of pyridine rings is 1. The minimum absolute atomic E-state index is 0.515. The van der Waals surface area contributed by atoms with Crippen LogP contribution in [-0.4, -0.2) is 30.5 Å². The van der Waals surface area contributed by atoms with Crippen LogP contribution in [0.2, 0.25) is 0 Å². The van der Waals surface area contributed by atoms with Crippen molar-refractivity contribution in [3.63, 3.8) is 0 Å². The molecule has 2 heteroatoms. The summed E-state index contributed by atoms with van der Waals surface area (Å²) in [6.45, 7) is 3.25. The summed E-state index contributed by atoms with van der Waals surface area (Å²) >= 11 is 0. The second-order valence-corrected chi connectivity index (χ2v) is 3.42. The molecule has 1 heterocycles. The minimum atomic E-state index is 0.515. The third-order valence-corrected chi connectivity index (χ3v) is 1.83. The fourth-order valence-corrected chi connectivity index (χ4v) is 1.31. The fourth-order valence-electron chi connectivity index (χ4n) is 1.31. The van der Waals surface area contributed by atoms with E-state index in [0.717, 1.165) is 6.54 Å². The Bertz CT molecular complexity index is 219. The predicted octanol–water partition coefficient (Wildman–Crippen LogP) is 1.75. The Hall–Kier alpha value is -0.890. The van der Waals surface area contributed by atoms with Crippen molar-refractivity contribution in [1.29, 1.82) is 0 Å². The van der Waals surface area contributed by atoms with Crippen LogP contribution in [0.15, 0.2) is 24.4 Å². The zero-order valence-electron chi connectivity index (χ0n) is 7.99. The first-order valence-corrected chi connectivity index (χ1v) is 4.26. The predicted molar refractivity (Wildman–Crippen MR) is 51.2 cm³/mol. The quantitative estimate of drug-likeness (QED) is 0.676. The summed E-state index contributed by atoms with van der Waals surface area (Å²) in [5, 5.41) is 0. The smallest absolute Gasteiger partial charge is 0.0444 e. The molecule has 0 radical (unpaired) electrons. The maximum atomic E-state index is 4.31. The average molecular weight is 164 g/mol. The van der Waals surface area contributed by atoms with Gasteiger partial charge >= 0.3 is 0 Å². The molecule has 1 atom stereocenters. The highest BCUT2D eigenvalue weighted by Crippen LogP contribution is 2.11. The molecule has 0 fully saturated rings. The summed E-state index contributed by atoms with van der Waals surface area (Å²) in [6, 6.07) is 6.06. The summed E-state index contributed by atoms with van der Waals surface area (Å²) in [6.07, 6.45) is 1.85. The van der Waals surface area contributed by atoms with Crippen molar-refractivity contribution < 1.29 is 0 Å². The van der Waals surface area contributed by atoms with E-state index in [1.807, 2.05) is 18.3 Å². The van der Waals surface area contributed by atoms with Crippen molar-refractivity contribution in [2.75, 3.05) is 20.6 Å². The Labute approximate surface area is 74.2 Å². The SMILES string of the molecule is CC(CN(C)C)c1ccccn1. The molecular weight excluding hydrogens is 148 g/mol. The van der Waals surface area contributed by atoms with Gasteiger partial charge in [0.05, 0.1) is 0 Å². The van der Waals surface area contributed by atoms with Gasteiger partial charge in [0.25, 0.3) is 0 Å². The first-order chi connectivity index (χ1) is 5.70. The second-order valence-electron chi connectivity index (χ2n) is 3.42. The summed E-state index contributed by atoms with van der Waals surface area (Å²) in [5.41, 5.74) is 1.17. The first-order valence-electron chi connectivity index (χ1n) is 4.26. The van der Waals surface area contributed by atoms with Gasteiger partial charge in [0.2, 0.25) is 0 Å². The molecule has 1 unspecified atom stereocenters. The van der Waals surface area contributed by atoms with Crippen molar-refractivity contribution in [3.05, 3.63) is 30.1 Å². The third-order valence-electron chi connectivity index (χ3n) is 1.83. The molecule has 0 amide bonds. The maximum absolute atomic E-state index is 4.31. The molecule has 0 aromatic carbocycles. The van der Waals surface area contributed by atoms with Gasteiger partial charge in [-0.25, -0.2) is 0 Å². The van der Waals surface area contributed by atoms with Crippen LogP contribution in [0.4, 0.5) is 0 Å². The van der Waals surface area contributed by atoms with Crippen LogP contribution >= 0.6 is 0 Å². The van der Waals surface area contributed by atoms with E-state index < -0.39 is 0 Å². The molecule has 0 N–H and O–H groups in total. The number of likely N-dealkylation sites (N-methyl/N-ethyl adjacent to an activating group) is 1. The van der Waals surface area contributed by atoms with Gasteiger partial charge in [0.1, 0.15) is 0 Å². The number of hydrogen-bond acceptors (Lipinski definition) is 2. The van der Waals surface area contributed by atoms with Crippen LogP contribution in [0, 0.1) is 0 Å². The van der Waals surface area contributed by atoms with E-state index in [9.17, 15) is 0 Å². The third kappa shape index (κ3) is 2.62. The van der Waals surface area contributed by atoms with E-state index in [1.165, 1.54) is 5.69 Å². The molecule has 0 saturated heterocycles. The summed E-state index contributed by atoms with van der Waals surface area (Å²) in [5.74, 6) is 0.515. The van der Waals surface area contributed by atoms with Gasteiger partial charge < -0.3 is 4.90 Å². The lowest BCUT2D eigenvalue weighted by Crippen LogP contribution is -2.18. The minimum Gasteiger partial charge on any atom is -0.309 e. The molecule has 0 spiro atoms. The Morgan fingerprint density at radius 3 is 2.67 bits per heavy atom. The second kappa shape index (κ2) is 4.21. The fraction of sp³-hybridized carbons (Fsp3) is 0.500. The molecule has 12 heavy (non-hydrogen) atoms. The molecular formula is C10H16N2.